The highest BCUT2D eigenvalue weighted by atomic mass is 32.2. The molecule has 1 aliphatic heterocycles. The molecule has 1 saturated heterocycles. The molecule has 1 fully saturated rings. The Morgan fingerprint density at radius 1 is 1.53 bits per heavy atom. The average Bonchev–Trinajstić information content (AvgIpc) is 2.70. The Morgan fingerprint density at radius 2 is 2.41 bits per heavy atom. The molecule has 1 aromatic rings. The second-order valence-electron chi connectivity index (χ2n) is 3.88. The first kappa shape index (κ1) is 12.8. The van der Waals surface area contributed by atoms with Crippen LogP contribution in [-0.2, 0) is 16.0 Å². The molecule has 0 radical (unpaired) electrons. The minimum Gasteiger partial charge on any atom is -0.355 e. The molecule has 1 unspecified atom stereocenters. The molecule has 2 N–H and O–H groups in total. The highest BCUT2D eigenvalue weighted by Gasteiger charge is 2.16. The Kier molecular flexibility index (Phi) is 4.78. The Balaban J connectivity index is 1.89. The van der Waals surface area contributed by atoms with Gasteiger partial charge < -0.3 is 19.8 Å². The van der Waals surface area contributed by atoms with Crippen molar-refractivity contribution in [3.8, 4) is 0 Å². The predicted molar refractivity (Wildman–Crippen MR) is 64.8 cm³/mol. The Morgan fingerprint density at radius 3 is 3.12 bits per heavy atom. The van der Waals surface area contributed by atoms with Crippen molar-refractivity contribution in [3.63, 3.8) is 0 Å². The van der Waals surface area contributed by atoms with E-state index in [2.05, 4.69) is 10.2 Å². The van der Waals surface area contributed by atoms with E-state index in [-0.39, 0.29) is 6.10 Å². The van der Waals surface area contributed by atoms with Crippen LogP contribution in [0.3, 0.4) is 0 Å². The molecule has 17 heavy (non-hydrogen) atoms. The highest BCUT2D eigenvalue weighted by molar-refractivity contribution is 7.99. The van der Waals surface area contributed by atoms with Crippen LogP contribution in [0.15, 0.2) is 5.16 Å². The van der Waals surface area contributed by atoms with Gasteiger partial charge in [-0.1, -0.05) is 11.8 Å². The molecule has 6 nitrogen and oxygen atoms in total. The van der Waals surface area contributed by atoms with Crippen LogP contribution in [0.5, 0.6) is 0 Å². The fraction of sp³-hybridized carbons (Fsp3) is 0.800. The highest BCUT2D eigenvalue weighted by Crippen LogP contribution is 2.20. The van der Waals surface area contributed by atoms with E-state index in [9.17, 15) is 0 Å². The maximum Gasteiger partial charge on any atom is 0.191 e. The molecule has 0 amide bonds. The van der Waals surface area contributed by atoms with Gasteiger partial charge in [0.15, 0.2) is 5.16 Å². The standard InChI is InChI=1S/C10H18N4O2S/c1-8-12-13-10(14(8)4-3-11)17-6-9-2-5-15-7-16-9/h9H,2-7,11H2,1H3. The molecule has 7 heteroatoms. The van der Waals surface area contributed by atoms with E-state index in [1.54, 1.807) is 11.8 Å². The summed E-state index contributed by atoms with van der Waals surface area (Å²) in [5.74, 6) is 1.79. The first-order valence-corrected chi connectivity index (χ1v) is 6.72. The minimum absolute atomic E-state index is 0.247. The number of rotatable bonds is 5. The van der Waals surface area contributed by atoms with Crippen LogP contribution in [0.25, 0.3) is 0 Å². The Labute approximate surface area is 105 Å². The van der Waals surface area contributed by atoms with Gasteiger partial charge in [0, 0.05) is 18.8 Å². The molecular weight excluding hydrogens is 240 g/mol. The van der Waals surface area contributed by atoms with E-state index in [1.807, 2.05) is 11.5 Å². The number of nitrogens with two attached hydrogens (primary N) is 1. The predicted octanol–water partition coefficient (Wildman–Crippen LogP) is 0.400. The zero-order chi connectivity index (χ0) is 12.1. The summed E-state index contributed by atoms with van der Waals surface area (Å²) in [5.41, 5.74) is 5.57. The van der Waals surface area contributed by atoms with Crippen molar-refractivity contribution in [2.24, 2.45) is 5.73 Å². The molecule has 2 rings (SSSR count). The first-order chi connectivity index (χ1) is 8.31. The van der Waals surface area contributed by atoms with Crippen LogP contribution >= 0.6 is 11.8 Å². The van der Waals surface area contributed by atoms with Gasteiger partial charge >= 0.3 is 0 Å². The van der Waals surface area contributed by atoms with E-state index >= 15 is 0 Å². The lowest BCUT2D eigenvalue weighted by atomic mass is 10.3. The van der Waals surface area contributed by atoms with Gasteiger partial charge in [0.25, 0.3) is 0 Å². The molecule has 1 aromatic heterocycles. The van der Waals surface area contributed by atoms with E-state index in [0.29, 0.717) is 13.3 Å². The largest absolute Gasteiger partial charge is 0.355 e. The summed E-state index contributed by atoms with van der Waals surface area (Å²) < 4.78 is 12.7. The zero-order valence-electron chi connectivity index (χ0n) is 9.96. The molecule has 2 heterocycles. The van der Waals surface area contributed by atoms with Gasteiger partial charge in [-0.25, -0.2) is 0 Å². The number of thioether (sulfide) groups is 1. The fourth-order valence-electron chi connectivity index (χ4n) is 1.66. The Bertz CT molecular complexity index is 352. The fourth-order valence-corrected chi connectivity index (χ4v) is 2.73. The maximum atomic E-state index is 5.57. The summed E-state index contributed by atoms with van der Waals surface area (Å²) in [7, 11) is 0. The molecule has 0 bridgehead atoms. The minimum atomic E-state index is 0.247. The lowest BCUT2D eigenvalue weighted by Gasteiger charge is -2.22. The molecule has 0 aromatic carbocycles. The van der Waals surface area contributed by atoms with Crippen LogP contribution < -0.4 is 5.73 Å². The summed E-state index contributed by atoms with van der Waals surface area (Å²) in [4.78, 5) is 0. The van der Waals surface area contributed by atoms with Crippen LogP contribution in [0.4, 0.5) is 0 Å². The monoisotopic (exact) mass is 258 g/mol. The molecular formula is C10H18N4O2S. The number of hydrogen-bond donors (Lipinski definition) is 1. The van der Waals surface area contributed by atoms with Crippen molar-refractivity contribution >= 4 is 11.8 Å². The van der Waals surface area contributed by atoms with Crippen molar-refractivity contribution < 1.29 is 9.47 Å². The van der Waals surface area contributed by atoms with Gasteiger partial charge in [-0.3, -0.25) is 0 Å². The molecule has 1 aliphatic rings. The molecule has 0 spiro atoms. The summed E-state index contributed by atoms with van der Waals surface area (Å²) in [6.45, 7) is 4.48. The zero-order valence-corrected chi connectivity index (χ0v) is 10.8. The van der Waals surface area contributed by atoms with Crippen molar-refractivity contribution in [2.45, 2.75) is 31.1 Å². The van der Waals surface area contributed by atoms with E-state index in [4.69, 9.17) is 15.2 Å². The quantitative estimate of drug-likeness (QED) is 0.771. The number of hydrogen-bond acceptors (Lipinski definition) is 6. The number of ether oxygens (including phenoxy) is 2. The second kappa shape index (κ2) is 6.34. The van der Waals surface area contributed by atoms with E-state index in [1.165, 1.54) is 0 Å². The third-order valence-electron chi connectivity index (χ3n) is 2.62. The van der Waals surface area contributed by atoms with Gasteiger partial charge in [0.1, 0.15) is 12.6 Å². The van der Waals surface area contributed by atoms with Gasteiger partial charge in [-0.2, -0.15) is 0 Å². The Hall–Kier alpha value is -0.630. The van der Waals surface area contributed by atoms with Crippen LogP contribution in [0.1, 0.15) is 12.2 Å². The lowest BCUT2D eigenvalue weighted by molar-refractivity contribution is -0.130. The number of aryl methyl sites for hydroxylation is 1. The first-order valence-electron chi connectivity index (χ1n) is 5.73. The van der Waals surface area contributed by atoms with Crippen LogP contribution in [-0.4, -0.2) is 46.6 Å². The average molecular weight is 258 g/mol. The van der Waals surface area contributed by atoms with Crippen LogP contribution in [0, 0.1) is 6.92 Å². The lowest BCUT2D eigenvalue weighted by Crippen LogP contribution is -2.25. The summed E-state index contributed by atoms with van der Waals surface area (Å²) in [5, 5.41) is 9.14. The third-order valence-corrected chi connectivity index (χ3v) is 3.72. The van der Waals surface area contributed by atoms with Crippen molar-refractivity contribution in [2.75, 3.05) is 25.7 Å². The second-order valence-corrected chi connectivity index (χ2v) is 4.87. The topological polar surface area (TPSA) is 75.2 Å². The molecule has 96 valence electrons. The SMILES string of the molecule is Cc1nnc(SCC2CCOCO2)n1CCN. The summed E-state index contributed by atoms with van der Waals surface area (Å²) in [6.07, 6.45) is 1.19. The molecule has 1 atom stereocenters. The maximum absolute atomic E-state index is 5.57. The van der Waals surface area contributed by atoms with Crippen molar-refractivity contribution in [3.05, 3.63) is 5.82 Å². The van der Waals surface area contributed by atoms with Gasteiger partial charge in [0.2, 0.25) is 0 Å². The third kappa shape index (κ3) is 3.41. The number of aromatic nitrogens is 3. The van der Waals surface area contributed by atoms with Gasteiger partial charge in [0.05, 0.1) is 12.7 Å². The summed E-state index contributed by atoms with van der Waals surface area (Å²) >= 11 is 1.67. The van der Waals surface area contributed by atoms with E-state index in [0.717, 1.165) is 36.3 Å². The molecule has 0 aliphatic carbocycles. The van der Waals surface area contributed by atoms with Crippen molar-refractivity contribution in [1.29, 1.82) is 0 Å². The number of nitrogens with zero attached hydrogens (tertiary/aromatic N) is 3. The van der Waals surface area contributed by atoms with Crippen molar-refractivity contribution in [1.82, 2.24) is 14.8 Å². The van der Waals surface area contributed by atoms with E-state index < -0.39 is 0 Å². The smallest absolute Gasteiger partial charge is 0.191 e. The molecule has 0 saturated carbocycles. The summed E-state index contributed by atoms with van der Waals surface area (Å²) in [6, 6.07) is 0. The van der Waals surface area contributed by atoms with Gasteiger partial charge in [-0.15, -0.1) is 10.2 Å². The van der Waals surface area contributed by atoms with Gasteiger partial charge in [-0.05, 0) is 13.3 Å². The van der Waals surface area contributed by atoms with Crippen LogP contribution in [0.2, 0.25) is 0 Å². The normalized spacial score (nSPS) is 20.7.